The summed E-state index contributed by atoms with van der Waals surface area (Å²) in [4.78, 5) is 37.8. The van der Waals surface area contributed by atoms with E-state index in [1.807, 2.05) is 0 Å². The molecule has 1 aliphatic rings. The molecule has 10 heteroatoms. The van der Waals surface area contributed by atoms with E-state index in [2.05, 4.69) is 26.8 Å². The number of rotatable bonds is 4. The summed E-state index contributed by atoms with van der Waals surface area (Å²) in [7, 11) is -3.09. The standard InChI is InChI=1S/C29H35N3O6S/c1-28(2,3)37-26(34)31-23-17-12-20(11-10-19-8-9-19)18-24(23)30-25(33)21-13-15-22(16-14-21)39(7,36)32-27(35)38-29(4,5)6/h12-19H,8-9H2,1-7H3,(H,30,33)(H,31,34). The van der Waals surface area contributed by atoms with Crippen molar-refractivity contribution in [2.45, 2.75) is 70.5 Å². The SMILES string of the molecule is CC(C)(C)OC(=O)N=S(C)(=O)c1ccc(C(=O)Nc2cc(C#CC3CC3)ccc2NC(=O)OC(C)(C)C)cc1. The van der Waals surface area contributed by atoms with Gasteiger partial charge in [0.25, 0.3) is 5.91 Å². The Morgan fingerprint density at radius 3 is 2.08 bits per heavy atom. The number of carbonyl (C=O) groups excluding carboxylic acids is 3. The number of hydrogen-bond acceptors (Lipinski definition) is 6. The van der Waals surface area contributed by atoms with Gasteiger partial charge in [-0.1, -0.05) is 11.8 Å². The molecule has 1 fully saturated rings. The smallest absolute Gasteiger partial charge is 0.442 e. The van der Waals surface area contributed by atoms with E-state index in [0.29, 0.717) is 22.9 Å². The summed E-state index contributed by atoms with van der Waals surface area (Å²) in [6, 6.07) is 11.0. The first kappa shape index (κ1) is 29.7. The molecule has 0 spiro atoms. The molecule has 9 nitrogen and oxygen atoms in total. The third-order valence-electron chi connectivity index (χ3n) is 5.10. The van der Waals surface area contributed by atoms with Gasteiger partial charge < -0.3 is 14.8 Å². The number of anilines is 2. The van der Waals surface area contributed by atoms with Crippen LogP contribution in [0.15, 0.2) is 51.7 Å². The van der Waals surface area contributed by atoms with Crippen LogP contribution < -0.4 is 10.6 Å². The van der Waals surface area contributed by atoms with Gasteiger partial charge in [0.1, 0.15) is 11.2 Å². The van der Waals surface area contributed by atoms with E-state index in [-0.39, 0.29) is 10.5 Å². The van der Waals surface area contributed by atoms with Crippen LogP contribution >= 0.6 is 0 Å². The molecule has 3 amide bonds. The normalized spacial score (nSPS) is 14.6. The molecule has 0 saturated heterocycles. The van der Waals surface area contributed by atoms with Crippen molar-refractivity contribution in [2.24, 2.45) is 10.3 Å². The van der Waals surface area contributed by atoms with Crippen LogP contribution in [0.25, 0.3) is 0 Å². The predicted octanol–water partition coefficient (Wildman–Crippen LogP) is 6.44. The van der Waals surface area contributed by atoms with Crippen molar-refractivity contribution in [1.29, 1.82) is 0 Å². The highest BCUT2D eigenvalue weighted by molar-refractivity contribution is 7.93. The molecule has 3 rings (SSSR count). The van der Waals surface area contributed by atoms with Crippen molar-refractivity contribution in [3.63, 3.8) is 0 Å². The van der Waals surface area contributed by atoms with Crippen molar-refractivity contribution < 1.29 is 28.1 Å². The second-order valence-electron chi connectivity index (χ2n) is 11.3. The zero-order valence-electron chi connectivity index (χ0n) is 23.3. The van der Waals surface area contributed by atoms with Crippen molar-refractivity contribution in [2.75, 3.05) is 16.9 Å². The summed E-state index contributed by atoms with van der Waals surface area (Å²) in [5.74, 6) is 6.22. The molecule has 1 aliphatic carbocycles. The minimum absolute atomic E-state index is 0.268. The van der Waals surface area contributed by atoms with Gasteiger partial charge in [0, 0.05) is 28.2 Å². The van der Waals surface area contributed by atoms with E-state index in [1.165, 1.54) is 30.5 Å². The van der Waals surface area contributed by atoms with Gasteiger partial charge in [-0.05, 0) is 96.8 Å². The Morgan fingerprint density at radius 2 is 1.51 bits per heavy atom. The van der Waals surface area contributed by atoms with Gasteiger partial charge in [-0.15, -0.1) is 4.36 Å². The number of ether oxygens (including phenoxy) is 2. The molecule has 39 heavy (non-hydrogen) atoms. The van der Waals surface area contributed by atoms with E-state index < -0.39 is 39.0 Å². The van der Waals surface area contributed by atoms with Gasteiger partial charge in [0.2, 0.25) is 0 Å². The van der Waals surface area contributed by atoms with Gasteiger partial charge in [-0.3, -0.25) is 10.1 Å². The molecule has 0 heterocycles. The summed E-state index contributed by atoms with van der Waals surface area (Å²) in [5.41, 5.74) is 0.186. The molecule has 0 aromatic heterocycles. The molecular formula is C29H35N3O6S. The van der Waals surface area contributed by atoms with Crippen molar-refractivity contribution in [3.05, 3.63) is 53.6 Å². The minimum atomic E-state index is -3.09. The summed E-state index contributed by atoms with van der Waals surface area (Å²) in [6.45, 7) is 10.3. The Kier molecular flexibility index (Phi) is 8.76. The van der Waals surface area contributed by atoms with Gasteiger partial charge in [0.05, 0.1) is 21.1 Å². The van der Waals surface area contributed by atoms with Crippen LogP contribution in [0.3, 0.4) is 0 Å². The Bertz CT molecular complexity index is 1440. The quantitative estimate of drug-likeness (QED) is 0.420. The lowest BCUT2D eigenvalue weighted by Crippen LogP contribution is -2.27. The van der Waals surface area contributed by atoms with Gasteiger partial charge >= 0.3 is 12.2 Å². The summed E-state index contributed by atoms with van der Waals surface area (Å²) in [6.07, 6.45) is 1.91. The lowest BCUT2D eigenvalue weighted by Gasteiger charge is -2.20. The van der Waals surface area contributed by atoms with Gasteiger partial charge in [-0.2, -0.15) is 0 Å². The highest BCUT2D eigenvalue weighted by atomic mass is 32.2. The Labute approximate surface area is 230 Å². The highest BCUT2D eigenvalue weighted by Crippen LogP contribution is 2.29. The molecule has 1 atom stereocenters. The molecule has 0 aliphatic heterocycles. The van der Waals surface area contributed by atoms with Crippen LogP contribution in [0.2, 0.25) is 0 Å². The minimum Gasteiger partial charge on any atom is -0.444 e. The van der Waals surface area contributed by atoms with Crippen LogP contribution in [0.1, 0.15) is 70.3 Å². The lowest BCUT2D eigenvalue weighted by atomic mass is 10.1. The number of amides is 3. The molecule has 2 aromatic carbocycles. The van der Waals surface area contributed by atoms with Crippen LogP contribution in [0.5, 0.6) is 0 Å². The second kappa shape index (κ2) is 11.5. The summed E-state index contributed by atoms with van der Waals surface area (Å²) < 4.78 is 27.2. The molecule has 2 aromatic rings. The summed E-state index contributed by atoms with van der Waals surface area (Å²) >= 11 is 0. The number of hydrogen-bond donors (Lipinski definition) is 2. The number of carbonyl (C=O) groups is 3. The van der Waals surface area contributed by atoms with Gasteiger partial charge in [0.15, 0.2) is 0 Å². The fourth-order valence-electron chi connectivity index (χ4n) is 3.19. The topological polar surface area (TPSA) is 123 Å². The molecule has 0 radical (unpaired) electrons. The fourth-order valence-corrected chi connectivity index (χ4v) is 4.26. The molecule has 1 unspecified atom stereocenters. The molecule has 1 saturated carbocycles. The molecule has 2 N–H and O–H groups in total. The Balaban J connectivity index is 1.82. The van der Waals surface area contributed by atoms with E-state index in [0.717, 1.165) is 12.8 Å². The first-order chi connectivity index (χ1) is 18.0. The number of nitrogens with zero attached hydrogens (tertiary/aromatic N) is 1. The molecule has 0 bridgehead atoms. The average Bonchev–Trinajstić information content (AvgIpc) is 3.61. The monoisotopic (exact) mass is 553 g/mol. The maximum Gasteiger partial charge on any atom is 0.442 e. The molecule has 208 valence electrons. The average molecular weight is 554 g/mol. The Morgan fingerprint density at radius 1 is 0.897 bits per heavy atom. The van der Waals surface area contributed by atoms with Crippen molar-refractivity contribution in [3.8, 4) is 11.8 Å². The maximum atomic E-state index is 13.1. The van der Waals surface area contributed by atoms with Crippen LogP contribution in [-0.4, -0.2) is 39.8 Å². The highest BCUT2D eigenvalue weighted by Gasteiger charge is 2.21. The summed E-state index contributed by atoms with van der Waals surface area (Å²) in [5, 5.41) is 5.48. The first-order valence-corrected chi connectivity index (χ1v) is 14.5. The largest absolute Gasteiger partial charge is 0.444 e. The number of benzene rings is 2. The van der Waals surface area contributed by atoms with E-state index in [9.17, 15) is 18.6 Å². The van der Waals surface area contributed by atoms with Crippen LogP contribution in [-0.2, 0) is 19.2 Å². The van der Waals surface area contributed by atoms with Gasteiger partial charge in [-0.25, -0.2) is 13.8 Å². The maximum absolute atomic E-state index is 13.1. The van der Waals surface area contributed by atoms with E-state index in [1.54, 1.807) is 59.7 Å². The zero-order chi connectivity index (χ0) is 29.0. The molecular weight excluding hydrogens is 518 g/mol. The number of nitrogens with one attached hydrogen (secondary N) is 2. The Hall–Kier alpha value is -3.84. The fraction of sp³-hybridized carbons (Fsp3) is 0.414. The first-order valence-electron chi connectivity index (χ1n) is 12.5. The zero-order valence-corrected chi connectivity index (χ0v) is 24.2. The van der Waals surface area contributed by atoms with Crippen LogP contribution in [0.4, 0.5) is 21.0 Å². The second-order valence-corrected chi connectivity index (χ2v) is 13.5. The lowest BCUT2D eigenvalue weighted by molar-refractivity contribution is 0.0603. The third kappa shape index (κ3) is 9.76. The van der Waals surface area contributed by atoms with E-state index in [4.69, 9.17) is 9.47 Å². The van der Waals surface area contributed by atoms with E-state index >= 15 is 0 Å². The van der Waals surface area contributed by atoms with Crippen molar-refractivity contribution >= 4 is 39.2 Å². The third-order valence-corrected chi connectivity index (χ3v) is 6.74. The van der Waals surface area contributed by atoms with Crippen LogP contribution in [0, 0.1) is 17.8 Å². The van der Waals surface area contributed by atoms with Crippen molar-refractivity contribution in [1.82, 2.24) is 0 Å². The predicted molar refractivity (Wildman–Crippen MR) is 151 cm³/mol.